The Morgan fingerprint density at radius 3 is 2.33 bits per heavy atom. The summed E-state index contributed by atoms with van der Waals surface area (Å²) in [6.07, 6.45) is 8.48. The molecule has 4 fully saturated rings. The third kappa shape index (κ3) is 2.58. The van der Waals surface area contributed by atoms with Crippen LogP contribution in [-0.2, 0) is 6.54 Å². The van der Waals surface area contributed by atoms with Crippen molar-refractivity contribution in [2.45, 2.75) is 50.6 Å². The van der Waals surface area contributed by atoms with E-state index in [1.807, 2.05) is 6.07 Å². The zero-order valence-corrected chi connectivity index (χ0v) is 14.8. The van der Waals surface area contributed by atoms with E-state index in [0.717, 1.165) is 35.4 Å². The fourth-order valence-electron chi connectivity index (χ4n) is 5.92. The summed E-state index contributed by atoms with van der Waals surface area (Å²) in [6.45, 7) is 0.794. The van der Waals surface area contributed by atoms with E-state index < -0.39 is 0 Å². The van der Waals surface area contributed by atoms with Crippen molar-refractivity contribution in [2.75, 3.05) is 0 Å². The maximum Gasteiger partial charge on any atom is 0.120 e. The van der Waals surface area contributed by atoms with Gasteiger partial charge in [-0.1, -0.05) is 18.2 Å². The van der Waals surface area contributed by atoms with Gasteiger partial charge in [0.15, 0.2) is 0 Å². The Morgan fingerprint density at radius 2 is 1.75 bits per heavy atom. The van der Waals surface area contributed by atoms with E-state index in [-0.39, 0.29) is 0 Å². The van der Waals surface area contributed by atoms with Gasteiger partial charge < -0.3 is 10.4 Å². The molecule has 2 nitrogen and oxygen atoms in total. The molecular formula is C21H25NOS. The molecule has 4 bridgehead atoms. The second-order valence-corrected chi connectivity index (χ2v) is 9.32. The first-order valence-corrected chi connectivity index (χ1v) is 10.2. The van der Waals surface area contributed by atoms with Crippen LogP contribution in [0, 0.1) is 17.8 Å². The average molecular weight is 340 g/mol. The summed E-state index contributed by atoms with van der Waals surface area (Å²) in [7, 11) is 0. The minimum atomic E-state index is 0.355. The molecule has 126 valence electrons. The molecule has 0 spiro atoms. The summed E-state index contributed by atoms with van der Waals surface area (Å²) in [4.78, 5) is 1.21. The van der Waals surface area contributed by atoms with Crippen molar-refractivity contribution in [3.63, 3.8) is 0 Å². The Bertz CT molecular complexity index is 701. The highest BCUT2D eigenvalue weighted by Gasteiger charge is 2.50. The van der Waals surface area contributed by atoms with Crippen molar-refractivity contribution in [3.8, 4) is 16.2 Å². The number of hydrogen-bond donors (Lipinski definition) is 2. The molecule has 4 aliphatic rings. The first-order chi connectivity index (χ1) is 11.7. The van der Waals surface area contributed by atoms with E-state index in [4.69, 9.17) is 0 Å². The molecule has 4 saturated carbocycles. The highest BCUT2D eigenvalue weighted by molar-refractivity contribution is 7.13. The molecule has 1 heterocycles. The van der Waals surface area contributed by atoms with Crippen molar-refractivity contribution in [3.05, 3.63) is 41.3 Å². The third-order valence-corrected chi connectivity index (χ3v) is 7.50. The summed E-state index contributed by atoms with van der Waals surface area (Å²) in [5.74, 6) is 3.30. The molecule has 24 heavy (non-hydrogen) atoms. The van der Waals surface area contributed by atoms with Crippen LogP contribution >= 0.6 is 11.3 Å². The Hall–Kier alpha value is -1.32. The van der Waals surface area contributed by atoms with Gasteiger partial charge in [-0.05, 0) is 79.4 Å². The zero-order chi connectivity index (χ0) is 16.1. The quantitative estimate of drug-likeness (QED) is 0.804. The normalized spacial score (nSPS) is 33.9. The second kappa shape index (κ2) is 5.60. The first kappa shape index (κ1) is 15.0. The molecule has 3 heteroatoms. The number of phenols is 1. The standard InChI is InChI=1S/C21H25NOS/c23-19-9-17(20-2-1-5-24-20)3-4-18(19)13-22-21-10-14-6-15(11-21)8-16(7-14)12-21/h1-5,9,14-16,22-23H,6-8,10-13H2. The van der Waals surface area contributed by atoms with Gasteiger partial charge in [0.2, 0.25) is 0 Å². The molecule has 1 aromatic heterocycles. The maximum absolute atomic E-state index is 10.5. The van der Waals surface area contributed by atoms with Crippen LogP contribution in [-0.4, -0.2) is 10.6 Å². The van der Waals surface area contributed by atoms with Gasteiger partial charge in [-0.2, -0.15) is 0 Å². The van der Waals surface area contributed by atoms with Gasteiger partial charge in [-0.15, -0.1) is 11.3 Å². The molecule has 0 radical (unpaired) electrons. The summed E-state index contributed by atoms with van der Waals surface area (Å²) in [5, 5.41) is 16.4. The van der Waals surface area contributed by atoms with Gasteiger partial charge in [-0.3, -0.25) is 0 Å². The maximum atomic E-state index is 10.5. The number of phenolic OH excluding ortho intramolecular Hbond substituents is 1. The van der Waals surface area contributed by atoms with Gasteiger partial charge in [0, 0.05) is 22.5 Å². The molecule has 2 N–H and O–H groups in total. The van der Waals surface area contributed by atoms with Crippen LogP contribution in [0.1, 0.15) is 44.1 Å². The van der Waals surface area contributed by atoms with Crippen LogP contribution in [0.5, 0.6) is 5.75 Å². The lowest BCUT2D eigenvalue weighted by Crippen LogP contribution is -2.58. The monoisotopic (exact) mass is 339 g/mol. The number of rotatable bonds is 4. The topological polar surface area (TPSA) is 32.3 Å². The fourth-order valence-corrected chi connectivity index (χ4v) is 6.64. The largest absolute Gasteiger partial charge is 0.508 e. The van der Waals surface area contributed by atoms with E-state index in [9.17, 15) is 5.11 Å². The van der Waals surface area contributed by atoms with Gasteiger partial charge >= 0.3 is 0 Å². The smallest absolute Gasteiger partial charge is 0.120 e. The lowest BCUT2D eigenvalue weighted by molar-refractivity contribution is -0.0206. The minimum Gasteiger partial charge on any atom is -0.508 e. The lowest BCUT2D eigenvalue weighted by atomic mass is 9.53. The molecule has 0 saturated heterocycles. The van der Waals surface area contributed by atoms with Crippen LogP contribution in [0.25, 0.3) is 10.4 Å². The first-order valence-electron chi connectivity index (χ1n) is 9.30. The average Bonchev–Trinajstić information content (AvgIpc) is 3.07. The van der Waals surface area contributed by atoms with Crippen LogP contribution < -0.4 is 5.32 Å². The van der Waals surface area contributed by atoms with Crippen molar-refractivity contribution in [2.24, 2.45) is 17.8 Å². The third-order valence-electron chi connectivity index (χ3n) is 6.58. The number of hydrogen-bond acceptors (Lipinski definition) is 3. The molecule has 4 aliphatic carbocycles. The summed E-state index contributed by atoms with van der Waals surface area (Å²) in [5.41, 5.74) is 2.50. The molecule has 1 aromatic carbocycles. The Morgan fingerprint density at radius 1 is 1.04 bits per heavy atom. The predicted octanol–water partition coefficient (Wildman–Crippen LogP) is 5.18. The number of nitrogens with one attached hydrogen (secondary N) is 1. The van der Waals surface area contributed by atoms with Crippen LogP contribution in [0.2, 0.25) is 0 Å². The molecule has 0 amide bonds. The SMILES string of the molecule is Oc1cc(-c2cccs2)ccc1CNC12CC3CC(CC(C3)C1)C2. The Balaban J connectivity index is 1.32. The van der Waals surface area contributed by atoms with Gasteiger partial charge in [0.1, 0.15) is 5.75 Å². The van der Waals surface area contributed by atoms with E-state index in [1.54, 1.807) is 11.3 Å². The lowest BCUT2D eigenvalue weighted by Gasteiger charge is -2.57. The van der Waals surface area contributed by atoms with E-state index in [0.29, 0.717) is 11.3 Å². The van der Waals surface area contributed by atoms with E-state index in [1.165, 1.54) is 43.4 Å². The van der Waals surface area contributed by atoms with Gasteiger partial charge in [0.25, 0.3) is 0 Å². The fraction of sp³-hybridized carbons (Fsp3) is 0.524. The molecule has 0 atom stereocenters. The highest BCUT2D eigenvalue weighted by atomic mass is 32.1. The number of benzene rings is 1. The van der Waals surface area contributed by atoms with Crippen LogP contribution in [0.3, 0.4) is 0 Å². The van der Waals surface area contributed by atoms with Crippen molar-refractivity contribution >= 4 is 11.3 Å². The highest BCUT2D eigenvalue weighted by Crippen LogP contribution is 2.55. The van der Waals surface area contributed by atoms with E-state index in [2.05, 4.69) is 35.0 Å². The van der Waals surface area contributed by atoms with Crippen molar-refractivity contribution < 1.29 is 5.11 Å². The van der Waals surface area contributed by atoms with Gasteiger partial charge in [0.05, 0.1) is 0 Å². The number of aromatic hydroxyl groups is 1. The Labute approximate surface area is 147 Å². The Kier molecular flexibility index (Phi) is 3.50. The molecule has 0 aliphatic heterocycles. The second-order valence-electron chi connectivity index (χ2n) is 8.37. The van der Waals surface area contributed by atoms with E-state index >= 15 is 0 Å². The van der Waals surface area contributed by atoms with Gasteiger partial charge in [-0.25, -0.2) is 0 Å². The number of thiophene rings is 1. The van der Waals surface area contributed by atoms with Crippen LogP contribution in [0.4, 0.5) is 0 Å². The predicted molar refractivity (Wildman–Crippen MR) is 99.2 cm³/mol. The van der Waals surface area contributed by atoms with Crippen molar-refractivity contribution in [1.82, 2.24) is 5.32 Å². The summed E-state index contributed by atoms with van der Waals surface area (Å²) >= 11 is 1.72. The van der Waals surface area contributed by atoms with Crippen LogP contribution in [0.15, 0.2) is 35.7 Å². The summed E-state index contributed by atoms with van der Waals surface area (Å²) < 4.78 is 0. The molecule has 0 unspecified atom stereocenters. The molecule has 2 aromatic rings. The minimum absolute atomic E-state index is 0.355. The molecule has 6 rings (SSSR count). The van der Waals surface area contributed by atoms with Crippen molar-refractivity contribution in [1.29, 1.82) is 0 Å². The zero-order valence-electron chi connectivity index (χ0n) is 14.0. The summed E-state index contributed by atoms with van der Waals surface area (Å²) in [6, 6.07) is 10.3. The molecular weight excluding hydrogens is 314 g/mol.